The average molecular weight is 589 g/mol. The third-order valence-electron chi connectivity index (χ3n) is 2.55. The van der Waals surface area contributed by atoms with Crippen LogP contribution < -0.4 is 58.6 Å². The number of benzene rings is 2. The van der Waals surface area contributed by atoms with E-state index >= 15 is 0 Å². The number of hydrogen-bond acceptors (Lipinski definition) is 0. The zero-order chi connectivity index (χ0) is 13.4. The van der Waals surface area contributed by atoms with Crippen molar-refractivity contribution in [3.8, 4) is 0 Å². The molecule has 2 rings (SSSR count). The van der Waals surface area contributed by atoms with Crippen molar-refractivity contribution < 1.29 is 64.4 Å². The van der Waals surface area contributed by atoms with Crippen LogP contribution >= 0.6 is 15.8 Å². The van der Waals surface area contributed by atoms with E-state index in [1.807, 2.05) is 0 Å². The number of halogens is 2. The SMILES string of the molecule is CP(C)c1ccccc1.CP(C)c1ccccc1.[I-].[I-].[Ni+2]. The second kappa shape index (κ2) is 16.1. The van der Waals surface area contributed by atoms with E-state index in [1.54, 1.807) is 0 Å². The normalized spacial score (nSPS) is 8.67. The predicted molar refractivity (Wildman–Crippen MR) is 89.7 cm³/mol. The van der Waals surface area contributed by atoms with Gasteiger partial charge in [-0.1, -0.05) is 76.5 Å². The molecule has 21 heavy (non-hydrogen) atoms. The zero-order valence-corrected chi connectivity index (χ0v) is 19.8. The van der Waals surface area contributed by atoms with Gasteiger partial charge in [-0.3, -0.25) is 0 Å². The monoisotopic (exact) mass is 588 g/mol. The first kappa shape index (κ1) is 27.1. The molecule has 0 N–H and O–H groups in total. The van der Waals surface area contributed by atoms with Gasteiger partial charge in [-0.05, 0) is 37.3 Å². The molecule has 0 aliphatic carbocycles. The first-order chi connectivity index (χ1) is 8.61. The van der Waals surface area contributed by atoms with Crippen molar-refractivity contribution in [3.63, 3.8) is 0 Å². The van der Waals surface area contributed by atoms with Crippen molar-refractivity contribution in [2.45, 2.75) is 0 Å². The fourth-order valence-electron chi connectivity index (χ4n) is 1.45. The summed E-state index contributed by atoms with van der Waals surface area (Å²) in [6.07, 6.45) is 0. The van der Waals surface area contributed by atoms with Crippen LogP contribution in [0.4, 0.5) is 0 Å². The third kappa shape index (κ3) is 12.4. The van der Waals surface area contributed by atoms with E-state index < -0.39 is 0 Å². The van der Waals surface area contributed by atoms with E-state index in [4.69, 9.17) is 0 Å². The Balaban J connectivity index is -0.000000270. The Morgan fingerprint density at radius 2 is 0.762 bits per heavy atom. The molecule has 0 saturated carbocycles. The quantitative estimate of drug-likeness (QED) is 0.219. The van der Waals surface area contributed by atoms with Gasteiger partial charge < -0.3 is 48.0 Å². The van der Waals surface area contributed by atoms with Gasteiger partial charge in [0.1, 0.15) is 0 Å². The molecule has 0 atom stereocenters. The molecule has 0 spiro atoms. The smallest absolute Gasteiger partial charge is 1.00 e. The molecule has 2 aromatic carbocycles. The molecule has 0 saturated heterocycles. The van der Waals surface area contributed by atoms with Crippen molar-refractivity contribution in [1.82, 2.24) is 0 Å². The van der Waals surface area contributed by atoms with Crippen LogP contribution in [-0.2, 0) is 16.5 Å². The summed E-state index contributed by atoms with van der Waals surface area (Å²) in [5.41, 5.74) is 0. The Kier molecular flexibility index (Phi) is 20.8. The fourth-order valence-corrected chi connectivity index (χ4v) is 2.99. The molecule has 0 unspecified atom stereocenters. The molecule has 0 nitrogen and oxygen atoms in total. The van der Waals surface area contributed by atoms with E-state index in [-0.39, 0.29) is 80.3 Å². The number of hydrogen-bond donors (Lipinski definition) is 0. The maximum atomic E-state index is 2.27. The van der Waals surface area contributed by atoms with Crippen LogP contribution in [0.3, 0.4) is 0 Å². The molecule has 120 valence electrons. The molecular formula is C16H22I2NiP2. The maximum Gasteiger partial charge on any atom is 2.00 e. The second-order valence-electron chi connectivity index (χ2n) is 4.46. The summed E-state index contributed by atoms with van der Waals surface area (Å²) >= 11 is 0. The minimum Gasteiger partial charge on any atom is -1.00 e. The Labute approximate surface area is 176 Å². The molecule has 5 heteroatoms. The van der Waals surface area contributed by atoms with Gasteiger partial charge in [0.25, 0.3) is 0 Å². The Bertz CT molecular complexity index is 393. The van der Waals surface area contributed by atoms with Crippen LogP contribution in [0.2, 0.25) is 0 Å². The molecule has 0 amide bonds. The zero-order valence-electron chi connectivity index (χ0n) is 12.7. The summed E-state index contributed by atoms with van der Waals surface area (Å²) in [7, 11) is 0.209. The largest absolute Gasteiger partial charge is 2.00 e. The third-order valence-corrected chi connectivity index (χ3v) is 5.21. The first-order valence-electron chi connectivity index (χ1n) is 6.06. The molecule has 0 aliphatic rings. The molecule has 0 fully saturated rings. The first-order valence-corrected chi connectivity index (χ1v) is 10.5. The molecule has 0 aromatic heterocycles. The Hall–Kier alpha value is 1.25. The fraction of sp³-hybridized carbons (Fsp3) is 0.250. The summed E-state index contributed by atoms with van der Waals surface area (Å²) in [4.78, 5) is 0. The van der Waals surface area contributed by atoms with Gasteiger partial charge in [0, 0.05) is 0 Å². The van der Waals surface area contributed by atoms with Gasteiger partial charge in [-0.15, -0.1) is 0 Å². The standard InChI is InChI=1S/2C8H11P.2HI.Ni/c2*1-9(2)8-6-4-3-5-7-8;;;/h2*3-7H,1-2H3;2*1H;/q;;;;+2/p-2. The molecule has 0 bridgehead atoms. The van der Waals surface area contributed by atoms with Gasteiger partial charge in [0.15, 0.2) is 0 Å². The van der Waals surface area contributed by atoms with Crippen molar-refractivity contribution in [1.29, 1.82) is 0 Å². The summed E-state index contributed by atoms with van der Waals surface area (Å²) in [5.74, 6) is 0. The molecule has 0 aliphatic heterocycles. The maximum absolute atomic E-state index is 2.27. The Morgan fingerprint density at radius 1 is 0.524 bits per heavy atom. The summed E-state index contributed by atoms with van der Waals surface area (Å²) < 4.78 is 0. The van der Waals surface area contributed by atoms with Crippen molar-refractivity contribution in [3.05, 3.63) is 60.7 Å². The van der Waals surface area contributed by atoms with E-state index in [9.17, 15) is 0 Å². The summed E-state index contributed by atoms with van der Waals surface area (Å²) in [6.45, 7) is 9.07. The number of rotatable bonds is 2. The summed E-state index contributed by atoms with van der Waals surface area (Å²) in [5, 5.41) is 2.96. The van der Waals surface area contributed by atoms with Gasteiger partial charge in [-0.2, -0.15) is 0 Å². The average Bonchev–Trinajstić information content (AvgIpc) is 2.41. The van der Waals surface area contributed by atoms with Crippen LogP contribution in [0.1, 0.15) is 0 Å². The van der Waals surface area contributed by atoms with Gasteiger partial charge in [0.05, 0.1) is 0 Å². The predicted octanol–water partition coefficient (Wildman–Crippen LogP) is -1.89. The Morgan fingerprint density at radius 3 is 0.905 bits per heavy atom. The van der Waals surface area contributed by atoms with E-state index in [1.165, 1.54) is 10.6 Å². The van der Waals surface area contributed by atoms with Crippen LogP contribution in [0.5, 0.6) is 0 Å². The van der Waals surface area contributed by atoms with Crippen LogP contribution in [0, 0.1) is 0 Å². The van der Waals surface area contributed by atoms with Gasteiger partial charge in [0.2, 0.25) is 0 Å². The molecule has 2 aromatic rings. The van der Waals surface area contributed by atoms with E-state index in [2.05, 4.69) is 87.3 Å². The second-order valence-corrected chi connectivity index (χ2v) is 9.07. The van der Waals surface area contributed by atoms with Gasteiger partial charge >= 0.3 is 16.5 Å². The minimum atomic E-state index is 0. The minimum absolute atomic E-state index is 0. The van der Waals surface area contributed by atoms with Crippen molar-refractivity contribution in [2.24, 2.45) is 0 Å². The molecule has 0 radical (unpaired) electrons. The topological polar surface area (TPSA) is 0 Å². The van der Waals surface area contributed by atoms with Crippen LogP contribution in [0.15, 0.2) is 60.7 Å². The van der Waals surface area contributed by atoms with E-state index in [0.29, 0.717) is 0 Å². The van der Waals surface area contributed by atoms with Crippen LogP contribution in [-0.4, -0.2) is 26.7 Å². The summed E-state index contributed by atoms with van der Waals surface area (Å²) in [6, 6.07) is 21.2. The van der Waals surface area contributed by atoms with E-state index in [0.717, 1.165) is 0 Å². The van der Waals surface area contributed by atoms with Crippen molar-refractivity contribution in [2.75, 3.05) is 26.7 Å². The van der Waals surface area contributed by atoms with Crippen LogP contribution in [0.25, 0.3) is 0 Å². The molecular weight excluding hydrogens is 567 g/mol. The van der Waals surface area contributed by atoms with Gasteiger partial charge in [-0.25, -0.2) is 0 Å². The van der Waals surface area contributed by atoms with Crippen molar-refractivity contribution >= 4 is 26.5 Å². The molecule has 0 heterocycles.